The van der Waals surface area contributed by atoms with Crippen molar-refractivity contribution in [3.05, 3.63) is 0 Å². The van der Waals surface area contributed by atoms with Crippen LogP contribution in [0.25, 0.3) is 0 Å². The van der Waals surface area contributed by atoms with E-state index in [9.17, 15) is 40.2 Å². The first-order valence-electron chi connectivity index (χ1n) is 12.6. The van der Waals surface area contributed by atoms with Crippen molar-refractivity contribution in [3.8, 4) is 0 Å². The third kappa shape index (κ3) is 5.19. The summed E-state index contributed by atoms with van der Waals surface area (Å²) in [5.41, 5.74) is -3.69. The van der Waals surface area contributed by atoms with Crippen molar-refractivity contribution in [3.63, 3.8) is 0 Å². The summed E-state index contributed by atoms with van der Waals surface area (Å²) >= 11 is 0. The Labute approximate surface area is 214 Å². The van der Waals surface area contributed by atoms with E-state index in [2.05, 4.69) is 0 Å². The van der Waals surface area contributed by atoms with Gasteiger partial charge in [0.2, 0.25) is 0 Å². The SMILES string of the molecule is CC(=O)CC[C@H]1[C@@]2(C)C[C@@H](O[C@@H]3O[C@H](CO[C@@H]4OC[C@](O)(CO)[C@H]4O)[C@@H](O)[C@H](O)[C@H]3O)C[C@]1(C)C(=O)O2. The van der Waals surface area contributed by atoms with Gasteiger partial charge in [-0.05, 0) is 33.6 Å². The summed E-state index contributed by atoms with van der Waals surface area (Å²) in [7, 11) is 0. The van der Waals surface area contributed by atoms with E-state index in [0.717, 1.165) is 0 Å². The number of ether oxygens (including phenoxy) is 5. The molecule has 0 radical (unpaired) electrons. The largest absolute Gasteiger partial charge is 0.459 e. The van der Waals surface area contributed by atoms with Crippen LogP contribution in [0.15, 0.2) is 0 Å². The monoisotopic (exact) mass is 534 g/mol. The van der Waals surface area contributed by atoms with E-state index >= 15 is 0 Å². The van der Waals surface area contributed by atoms with Crippen LogP contribution in [0.4, 0.5) is 0 Å². The number of ketones is 1. The number of hydrogen-bond donors (Lipinski definition) is 6. The molecule has 13 nitrogen and oxygen atoms in total. The Morgan fingerprint density at radius 3 is 2.38 bits per heavy atom. The topological polar surface area (TPSA) is 202 Å². The first-order chi connectivity index (χ1) is 17.2. The molecule has 212 valence electrons. The molecule has 1 aliphatic carbocycles. The number of esters is 1. The molecule has 6 N–H and O–H groups in total. The lowest BCUT2D eigenvalue weighted by molar-refractivity contribution is -0.323. The first kappa shape index (κ1) is 28.7. The molecule has 4 fully saturated rings. The highest BCUT2D eigenvalue weighted by atomic mass is 16.7. The van der Waals surface area contributed by atoms with Gasteiger partial charge in [0.1, 0.15) is 47.5 Å². The molecule has 3 heterocycles. The molecule has 0 amide bonds. The van der Waals surface area contributed by atoms with Crippen molar-refractivity contribution in [2.75, 3.05) is 19.8 Å². The number of carbonyl (C=O) groups excluding carboxylic acids is 2. The molecule has 4 rings (SSSR count). The smallest absolute Gasteiger partial charge is 0.312 e. The zero-order chi connectivity index (χ0) is 27.3. The molecule has 3 aliphatic heterocycles. The van der Waals surface area contributed by atoms with Gasteiger partial charge in [0.15, 0.2) is 12.6 Å². The molecule has 0 unspecified atom stereocenters. The predicted octanol–water partition coefficient (Wildman–Crippen LogP) is -2.26. The molecule has 13 heteroatoms. The Hall–Kier alpha value is -1.26. The summed E-state index contributed by atoms with van der Waals surface area (Å²) in [6.45, 7) is 3.54. The van der Waals surface area contributed by atoms with E-state index in [1.165, 1.54) is 6.92 Å². The lowest BCUT2D eigenvalue weighted by Gasteiger charge is -2.46. The van der Waals surface area contributed by atoms with Crippen molar-refractivity contribution in [2.24, 2.45) is 11.3 Å². The van der Waals surface area contributed by atoms with Crippen molar-refractivity contribution < 1.29 is 63.9 Å². The van der Waals surface area contributed by atoms with Crippen molar-refractivity contribution in [1.29, 1.82) is 0 Å². The van der Waals surface area contributed by atoms with Crippen LogP contribution in [0, 0.1) is 11.3 Å². The van der Waals surface area contributed by atoms with Gasteiger partial charge in [0, 0.05) is 18.8 Å². The molecular formula is C24H38O13. The minimum absolute atomic E-state index is 0.0218. The molecule has 3 saturated heterocycles. The zero-order valence-corrected chi connectivity index (χ0v) is 21.2. The molecule has 0 aromatic heterocycles. The minimum atomic E-state index is -1.90. The standard InChI is InChI=1S/C24H38O13/c1-11(26)4-5-14-22(2)6-12(7-23(14,3)37-21(22)31)35-19-17(29)16(28)15(27)13(36-19)8-33-20-18(30)24(32,9-25)10-34-20/h12-20,25,27-30,32H,4-10H2,1-3H3/t12-,13+,14+,15+,16-,17+,18-,19+,20+,22-,23+,24+/m0/s1. The minimum Gasteiger partial charge on any atom is -0.459 e. The Morgan fingerprint density at radius 2 is 1.78 bits per heavy atom. The van der Waals surface area contributed by atoms with Crippen molar-refractivity contribution in [1.82, 2.24) is 0 Å². The van der Waals surface area contributed by atoms with Crippen LogP contribution in [0.1, 0.15) is 46.5 Å². The van der Waals surface area contributed by atoms with Gasteiger partial charge in [0.25, 0.3) is 0 Å². The van der Waals surface area contributed by atoms with Gasteiger partial charge in [-0.15, -0.1) is 0 Å². The van der Waals surface area contributed by atoms with Gasteiger partial charge in [-0.1, -0.05) is 0 Å². The van der Waals surface area contributed by atoms with Crippen LogP contribution in [-0.2, 0) is 33.3 Å². The second-order valence-electron chi connectivity index (χ2n) is 11.3. The van der Waals surface area contributed by atoms with Gasteiger partial charge in [-0.2, -0.15) is 0 Å². The Kier molecular flexibility index (Phi) is 8.06. The van der Waals surface area contributed by atoms with Crippen LogP contribution in [-0.4, -0.2) is 123 Å². The number of aliphatic hydroxyl groups excluding tert-OH is 5. The summed E-state index contributed by atoms with van der Waals surface area (Å²) in [4.78, 5) is 24.4. The lowest BCUT2D eigenvalue weighted by Crippen LogP contribution is -2.61. The average molecular weight is 535 g/mol. The van der Waals surface area contributed by atoms with Gasteiger partial charge in [-0.3, -0.25) is 4.79 Å². The summed E-state index contributed by atoms with van der Waals surface area (Å²) < 4.78 is 28.1. The average Bonchev–Trinajstić information content (AvgIpc) is 3.17. The third-order valence-electron chi connectivity index (χ3n) is 8.37. The maximum Gasteiger partial charge on any atom is 0.312 e. The second-order valence-corrected chi connectivity index (χ2v) is 11.3. The Balaban J connectivity index is 1.41. The van der Waals surface area contributed by atoms with Crippen molar-refractivity contribution in [2.45, 2.75) is 107 Å². The van der Waals surface area contributed by atoms with Crippen LogP contribution < -0.4 is 0 Å². The molecule has 12 atom stereocenters. The summed E-state index contributed by atoms with van der Waals surface area (Å²) in [5, 5.41) is 60.9. The maximum absolute atomic E-state index is 12.8. The number of hydrogen-bond acceptors (Lipinski definition) is 13. The van der Waals surface area contributed by atoms with Crippen LogP contribution in [0.5, 0.6) is 0 Å². The number of aliphatic hydroxyl groups is 6. The second kappa shape index (κ2) is 10.4. The Bertz CT molecular complexity index is 870. The highest BCUT2D eigenvalue weighted by molar-refractivity contribution is 5.81. The predicted molar refractivity (Wildman–Crippen MR) is 121 cm³/mol. The van der Waals surface area contributed by atoms with Crippen LogP contribution >= 0.6 is 0 Å². The maximum atomic E-state index is 12.8. The fraction of sp³-hybridized carbons (Fsp3) is 0.917. The molecule has 1 saturated carbocycles. The number of Topliss-reactive ketones (excluding diaryl/α,β-unsaturated/α-hetero) is 1. The molecule has 0 spiro atoms. The van der Waals surface area contributed by atoms with Crippen LogP contribution in [0.2, 0.25) is 0 Å². The molecule has 0 aromatic carbocycles. The van der Waals surface area contributed by atoms with E-state index in [0.29, 0.717) is 12.8 Å². The zero-order valence-electron chi connectivity index (χ0n) is 21.2. The lowest BCUT2D eigenvalue weighted by atomic mass is 9.61. The molecule has 0 aromatic rings. The highest BCUT2D eigenvalue weighted by Crippen LogP contribution is 2.57. The van der Waals surface area contributed by atoms with E-state index in [1.54, 1.807) is 13.8 Å². The fourth-order valence-electron chi connectivity index (χ4n) is 6.17. The normalized spacial score (nSPS) is 49.8. The number of rotatable bonds is 9. The molecule has 2 bridgehead atoms. The Morgan fingerprint density at radius 1 is 1.08 bits per heavy atom. The van der Waals surface area contributed by atoms with E-state index in [4.69, 9.17) is 23.7 Å². The van der Waals surface area contributed by atoms with Crippen molar-refractivity contribution >= 4 is 11.8 Å². The van der Waals surface area contributed by atoms with Gasteiger partial charge in [-0.25, -0.2) is 0 Å². The molecular weight excluding hydrogens is 496 g/mol. The van der Waals surface area contributed by atoms with Gasteiger partial charge in [0.05, 0.1) is 31.3 Å². The van der Waals surface area contributed by atoms with E-state index < -0.39 is 79.0 Å². The number of carbonyl (C=O) groups is 2. The fourth-order valence-corrected chi connectivity index (χ4v) is 6.17. The van der Waals surface area contributed by atoms with Gasteiger partial charge >= 0.3 is 5.97 Å². The number of fused-ring (bicyclic) bond motifs is 2. The van der Waals surface area contributed by atoms with Gasteiger partial charge < -0.3 is 59.1 Å². The van der Waals surface area contributed by atoms with E-state index in [1.807, 2.05) is 0 Å². The summed E-state index contributed by atoms with van der Waals surface area (Å²) in [6.07, 6.45) is -9.53. The highest BCUT2D eigenvalue weighted by Gasteiger charge is 2.65. The van der Waals surface area contributed by atoms with E-state index in [-0.39, 0.29) is 37.1 Å². The van der Waals surface area contributed by atoms with Crippen LogP contribution in [0.3, 0.4) is 0 Å². The quantitative estimate of drug-likeness (QED) is 0.173. The first-order valence-corrected chi connectivity index (χ1v) is 12.6. The third-order valence-corrected chi connectivity index (χ3v) is 8.37. The summed E-state index contributed by atoms with van der Waals surface area (Å²) in [5.74, 6) is -0.551. The molecule has 4 aliphatic rings. The summed E-state index contributed by atoms with van der Waals surface area (Å²) in [6, 6.07) is 0. The molecule has 37 heavy (non-hydrogen) atoms.